The summed E-state index contributed by atoms with van der Waals surface area (Å²) in [5.74, 6) is 0.0819. The third kappa shape index (κ3) is 2.09. The van der Waals surface area contributed by atoms with Crippen molar-refractivity contribution in [2.75, 3.05) is 13.1 Å². The standard InChI is InChI=1S/C14H20N4O2/c1-9-12(16-8-15-9)6-13(19)18-7-11-4-3-5-17(11)14(20)10(18)2/h8,10-11H,3-7H2,1-2H3,(H,15,16)/t10-,11-/m0/s1. The van der Waals surface area contributed by atoms with Crippen LogP contribution in [-0.2, 0) is 16.0 Å². The fraction of sp³-hybridized carbons (Fsp3) is 0.643. The lowest BCUT2D eigenvalue weighted by Crippen LogP contribution is -2.60. The van der Waals surface area contributed by atoms with Crippen LogP contribution in [0.5, 0.6) is 0 Å². The van der Waals surface area contributed by atoms with E-state index in [2.05, 4.69) is 9.97 Å². The van der Waals surface area contributed by atoms with E-state index in [1.165, 1.54) is 0 Å². The summed E-state index contributed by atoms with van der Waals surface area (Å²) in [6.07, 6.45) is 3.91. The fourth-order valence-corrected chi connectivity index (χ4v) is 3.20. The number of imidazole rings is 1. The van der Waals surface area contributed by atoms with Gasteiger partial charge in [-0.2, -0.15) is 0 Å². The first-order valence-electron chi connectivity index (χ1n) is 7.16. The van der Waals surface area contributed by atoms with Crippen molar-refractivity contribution in [3.05, 3.63) is 17.7 Å². The lowest BCUT2D eigenvalue weighted by Gasteiger charge is -2.41. The van der Waals surface area contributed by atoms with Crippen LogP contribution in [0, 0.1) is 6.92 Å². The molecule has 0 saturated carbocycles. The van der Waals surface area contributed by atoms with Crippen LogP contribution >= 0.6 is 0 Å². The highest BCUT2D eigenvalue weighted by Crippen LogP contribution is 2.26. The van der Waals surface area contributed by atoms with Gasteiger partial charge in [0.1, 0.15) is 6.04 Å². The Bertz CT molecular complexity index is 539. The summed E-state index contributed by atoms with van der Waals surface area (Å²) in [5, 5.41) is 0. The Labute approximate surface area is 118 Å². The van der Waals surface area contributed by atoms with E-state index in [0.717, 1.165) is 30.8 Å². The highest BCUT2D eigenvalue weighted by molar-refractivity contribution is 5.89. The number of hydrogen-bond donors (Lipinski definition) is 1. The molecule has 6 nitrogen and oxygen atoms in total. The van der Waals surface area contributed by atoms with Crippen molar-refractivity contribution in [3.8, 4) is 0 Å². The Morgan fingerprint density at radius 1 is 1.55 bits per heavy atom. The molecule has 3 heterocycles. The molecule has 2 atom stereocenters. The molecule has 108 valence electrons. The molecular formula is C14H20N4O2. The molecule has 1 N–H and O–H groups in total. The number of aryl methyl sites for hydroxylation is 1. The van der Waals surface area contributed by atoms with Crippen molar-refractivity contribution in [2.45, 2.75) is 45.2 Å². The molecule has 3 rings (SSSR count). The zero-order valence-corrected chi connectivity index (χ0v) is 11.9. The molecule has 1 aromatic rings. The van der Waals surface area contributed by atoms with E-state index in [-0.39, 0.29) is 30.3 Å². The normalized spacial score (nSPS) is 26.0. The Kier molecular flexibility index (Phi) is 3.23. The Morgan fingerprint density at radius 3 is 3.05 bits per heavy atom. The number of fused-ring (bicyclic) bond motifs is 1. The summed E-state index contributed by atoms with van der Waals surface area (Å²) in [6, 6.07) is -0.140. The van der Waals surface area contributed by atoms with Gasteiger partial charge >= 0.3 is 0 Å². The molecule has 0 radical (unpaired) electrons. The van der Waals surface area contributed by atoms with Crippen LogP contribution in [0.3, 0.4) is 0 Å². The number of piperazine rings is 1. The van der Waals surface area contributed by atoms with Gasteiger partial charge < -0.3 is 14.8 Å². The molecule has 2 amide bonds. The number of hydrogen-bond acceptors (Lipinski definition) is 3. The number of carbonyl (C=O) groups excluding carboxylic acids is 2. The van der Waals surface area contributed by atoms with E-state index in [0.29, 0.717) is 6.54 Å². The minimum absolute atomic E-state index is 0.00685. The molecule has 0 unspecified atom stereocenters. The van der Waals surface area contributed by atoms with Gasteiger partial charge in [-0.05, 0) is 26.7 Å². The molecular weight excluding hydrogens is 256 g/mol. The topological polar surface area (TPSA) is 69.3 Å². The second-order valence-electron chi connectivity index (χ2n) is 5.70. The average molecular weight is 276 g/mol. The third-order valence-electron chi connectivity index (χ3n) is 4.47. The number of nitrogens with zero attached hydrogens (tertiary/aromatic N) is 3. The van der Waals surface area contributed by atoms with Gasteiger partial charge in [0.15, 0.2) is 0 Å². The van der Waals surface area contributed by atoms with Gasteiger partial charge in [-0.1, -0.05) is 0 Å². The number of H-pyrrole nitrogens is 1. The van der Waals surface area contributed by atoms with Crippen molar-refractivity contribution in [1.82, 2.24) is 19.8 Å². The van der Waals surface area contributed by atoms with E-state index < -0.39 is 0 Å². The van der Waals surface area contributed by atoms with Crippen molar-refractivity contribution >= 4 is 11.8 Å². The van der Waals surface area contributed by atoms with Crippen LogP contribution in [0.4, 0.5) is 0 Å². The third-order valence-corrected chi connectivity index (χ3v) is 4.47. The quantitative estimate of drug-likeness (QED) is 0.854. The summed E-state index contributed by atoms with van der Waals surface area (Å²) >= 11 is 0. The molecule has 2 aliphatic rings. The zero-order valence-electron chi connectivity index (χ0n) is 11.9. The molecule has 0 spiro atoms. The number of aromatic amines is 1. The highest BCUT2D eigenvalue weighted by atomic mass is 16.2. The van der Waals surface area contributed by atoms with Crippen LogP contribution in [0.25, 0.3) is 0 Å². The summed E-state index contributed by atoms with van der Waals surface area (Å²) in [7, 11) is 0. The van der Waals surface area contributed by atoms with Crippen LogP contribution in [0.15, 0.2) is 6.33 Å². The van der Waals surface area contributed by atoms with Gasteiger partial charge in [-0.3, -0.25) is 9.59 Å². The molecule has 1 aromatic heterocycles. The maximum absolute atomic E-state index is 12.5. The number of carbonyl (C=O) groups is 2. The molecule has 2 saturated heterocycles. The van der Waals surface area contributed by atoms with E-state index >= 15 is 0 Å². The number of nitrogens with one attached hydrogen (secondary N) is 1. The molecule has 20 heavy (non-hydrogen) atoms. The van der Waals surface area contributed by atoms with Crippen molar-refractivity contribution in [1.29, 1.82) is 0 Å². The predicted octanol–water partition coefficient (Wildman–Crippen LogP) is 0.482. The van der Waals surface area contributed by atoms with Gasteiger partial charge in [-0.15, -0.1) is 0 Å². The van der Waals surface area contributed by atoms with E-state index in [9.17, 15) is 9.59 Å². The predicted molar refractivity (Wildman–Crippen MR) is 72.9 cm³/mol. The molecule has 0 aromatic carbocycles. The van der Waals surface area contributed by atoms with Crippen molar-refractivity contribution < 1.29 is 9.59 Å². The van der Waals surface area contributed by atoms with Gasteiger partial charge in [-0.25, -0.2) is 4.98 Å². The SMILES string of the molecule is Cc1[nH]cnc1CC(=O)N1C[C@@H]2CCCN2C(=O)[C@@H]1C. The van der Waals surface area contributed by atoms with E-state index in [4.69, 9.17) is 0 Å². The maximum Gasteiger partial charge on any atom is 0.245 e. The summed E-state index contributed by atoms with van der Waals surface area (Å²) in [5.41, 5.74) is 1.68. The molecule has 6 heteroatoms. The second kappa shape index (κ2) is 4.92. The van der Waals surface area contributed by atoms with Gasteiger partial charge in [0.2, 0.25) is 11.8 Å². The van der Waals surface area contributed by atoms with Gasteiger partial charge in [0, 0.05) is 24.8 Å². The van der Waals surface area contributed by atoms with E-state index in [1.54, 1.807) is 11.2 Å². The zero-order chi connectivity index (χ0) is 14.3. The highest BCUT2D eigenvalue weighted by Gasteiger charge is 2.41. The van der Waals surface area contributed by atoms with Crippen LogP contribution in [0.2, 0.25) is 0 Å². The second-order valence-corrected chi connectivity index (χ2v) is 5.70. The minimum Gasteiger partial charge on any atom is -0.348 e. The van der Waals surface area contributed by atoms with Crippen molar-refractivity contribution in [2.24, 2.45) is 0 Å². The van der Waals surface area contributed by atoms with Crippen LogP contribution in [0.1, 0.15) is 31.2 Å². The first-order valence-corrected chi connectivity index (χ1v) is 7.16. The monoisotopic (exact) mass is 276 g/mol. The lowest BCUT2D eigenvalue weighted by atomic mass is 10.1. The van der Waals surface area contributed by atoms with Crippen LogP contribution < -0.4 is 0 Å². The Hall–Kier alpha value is -1.85. The average Bonchev–Trinajstić information content (AvgIpc) is 3.03. The largest absolute Gasteiger partial charge is 0.348 e. The first-order chi connectivity index (χ1) is 9.58. The molecule has 0 bridgehead atoms. The molecule has 2 aliphatic heterocycles. The summed E-state index contributed by atoms with van der Waals surface area (Å²) in [4.78, 5) is 35.6. The van der Waals surface area contributed by atoms with Crippen LogP contribution in [-0.4, -0.2) is 56.8 Å². The summed E-state index contributed by atoms with van der Waals surface area (Å²) < 4.78 is 0. The number of amides is 2. The lowest BCUT2D eigenvalue weighted by molar-refractivity contribution is -0.152. The smallest absolute Gasteiger partial charge is 0.245 e. The Balaban J connectivity index is 1.74. The maximum atomic E-state index is 12.5. The fourth-order valence-electron chi connectivity index (χ4n) is 3.20. The van der Waals surface area contributed by atoms with Gasteiger partial charge in [0.05, 0.1) is 18.4 Å². The Morgan fingerprint density at radius 2 is 2.35 bits per heavy atom. The summed E-state index contributed by atoms with van der Waals surface area (Å²) in [6.45, 7) is 5.23. The van der Waals surface area contributed by atoms with Gasteiger partial charge in [0.25, 0.3) is 0 Å². The number of rotatable bonds is 2. The first kappa shape index (κ1) is 13.1. The molecule has 0 aliphatic carbocycles. The molecule has 2 fully saturated rings. The minimum atomic E-state index is -0.351. The van der Waals surface area contributed by atoms with Crippen molar-refractivity contribution in [3.63, 3.8) is 0 Å². The number of aromatic nitrogens is 2. The van der Waals surface area contributed by atoms with E-state index in [1.807, 2.05) is 18.7 Å².